The van der Waals surface area contributed by atoms with E-state index in [2.05, 4.69) is 0 Å². The first-order valence-corrected chi connectivity index (χ1v) is 5.15. The molecule has 2 N–H and O–H groups in total. The highest BCUT2D eigenvalue weighted by Gasteiger charge is 2.48. The molecular weight excluding hydrogens is 260 g/mol. The molecule has 0 fully saturated rings. The third-order valence-electron chi connectivity index (χ3n) is 2.75. The summed E-state index contributed by atoms with van der Waals surface area (Å²) in [5.74, 6) is -6.03. The summed E-state index contributed by atoms with van der Waals surface area (Å²) in [5.41, 5.74) is -2.88. The molecule has 0 aromatic heterocycles. The Bertz CT molecular complexity index is 551. The molecule has 0 aliphatic rings. The number of benzene rings is 1. The van der Waals surface area contributed by atoms with Crippen molar-refractivity contribution >= 4 is 11.9 Å². The summed E-state index contributed by atoms with van der Waals surface area (Å²) >= 11 is 0. The molecule has 1 aromatic carbocycles. The second kappa shape index (κ2) is 5.44. The van der Waals surface area contributed by atoms with Gasteiger partial charge in [-0.3, -0.25) is 9.59 Å². The fourth-order valence-corrected chi connectivity index (χ4v) is 1.70. The van der Waals surface area contributed by atoms with Crippen LogP contribution >= 0.6 is 0 Å². The number of rotatable bonds is 5. The van der Waals surface area contributed by atoms with Gasteiger partial charge in [0.05, 0.1) is 6.07 Å². The molecule has 0 bridgehead atoms. The van der Waals surface area contributed by atoms with E-state index >= 15 is 0 Å². The van der Waals surface area contributed by atoms with Gasteiger partial charge in [-0.15, -0.1) is 0 Å². The first-order chi connectivity index (χ1) is 8.86. The van der Waals surface area contributed by atoms with E-state index in [0.29, 0.717) is 12.1 Å². The highest BCUT2D eigenvalue weighted by Crippen LogP contribution is 2.31. The van der Waals surface area contributed by atoms with Gasteiger partial charge < -0.3 is 10.2 Å². The Kier molecular flexibility index (Phi) is 4.17. The third-order valence-corrected chi connectivity index (χ3v) is 2.75. The van der Waals surface area contributed by atoms with Crippen molar-refractivity contribution in [1.82, 2.24) is 0 Å². The predicted octanol–water partition coefficient (Wildman–Crippen LogP) is 1.68. The van der Waals surface area contributed by atoms with Crippen molar-refractivity contribution < 1.29 is 28.6 Å². The van der Waals surface area contributed by atoms with E-state index in [1.807, 2.05) is 0 Å². The van der Waals surface area contributed by atoms with E-state index < -0.39 is 41.0 Å². The number of hydrogen-bond acceptors (Lipinski definition) is 3. The number of carboxylic acids is 2. The van der Waals surface area contributed by atoms with Crippen LogP contribution in [0.5, 0.6) is 0 Å². The normalized spacial score (nSPS) is 10.8. The van der Waals surface area contributed by atoms with Crippen LogP contribution in [0.2, 0.25) is 0 Å². The summed E-state index contributed by atoms with van der Waals surface area (Å²) in [5, 5.41) is 26.7. The molecule has 0 spiro atoms. The zero-order chi connectivity index (χ0) is 14.6. The van der Waals surface area contributed by atoms with Gasteiger partial charge in [0.15, 0.2) is 17.0 Å². The van der Waals surface area contributed by atoms with E-state index in [4.69, 9.17) is 15.5 Å². The predicted molar refractivity (Wildman–Crippen MR) is 58.2 cm³/mol. The molecule has 5 nitrogen and oxygen atoms in total. The standard InChI is InChI=1S/C12H9F2NO4/c13-8-3-2-7(6-9(8)14)12(10(16)17,11(18)19)4-1-5-15/h2-3,6H,1,4H2,(H,16,17)(H,18,19). The van der Waals surface area contributed by atoms with Crippen molar-refractivity contribution in [3.8, 4) is 6.07 Å². The molecule has 7 heteroatoms. The maximum atomic E-state index is 13.1. The summed E-state index contributed by atoms with van der Waals surface area (Å²) in [7, 11) is 0. The van der Waals surface area contributed by atoms with Crippen LogP contribution in [0, 0.1) is 23.0 Å². The minimum atomic E-state index is -2.47. The number of nitrogens with zero attached hydrogens (tertiary/aromatic N) is 1. The zero-order valence-electron chi connectivity index (χ0n) is 9.56. The molecule has 0 unspecified atom stereocenters. The number of aliphatic carboxylic acids is 2. The lowest BCUT2D eigenvalue weighted by atomic mass is 9.76. The lowest BCUT2D eigenvalue weighted by molar-refractivity contribution is -0.158. The number of carboxylic acid groups (broad SMARTS) is 2. The summed E-state index contributed by atoms with van der Waals surface area (Å²) < 4.78 is 26.0. The maximum Gasteiger partial charge on any atom is 0.325 e. The Morgan fingerprint density at radius 3 is 2.21 bits per heavy atom. The van der Waals surface area contributed by atoms with Crippen molar-refractivity contribution in [2.75, 3.05) is 0 Å². The fraction of sp³-hybridized carbons (Fsp3) is 0.250. The molecule has 0 saturated carbocycles. The number of hydrogen-bond donors (Lipinski definition) is 2. The van der Waals surface area contributed by atoms with E-state index in [1.54, 1.807) is 6.07 Å². The molecule has 0 aliphatic carbocycles. The van der Waals surface area contributed by atoms with Gasteiger partial charge in [-0.05, 0) is 24.1 Å². The molecule has 0 atom stereocenters. The van der Waals surface area contributed by atoms with E-state index in [9.17, 15) is 18.4 Å². The Morgan fingerprint density at radius 1 is 1.21 bits per heavy atom. The van der Waals surface area contributed by atoms with E-state index in [1.165, 1.54) is 0 Å². The van der Waals surface area contributed by atoms with Crippen LogP contribution in [-0.4, -0.2) is 22.2 Å². The molecule has 0 heterocycles. The molecule has 0 saturated heterocycles. The minimum absolute atomic E-state index is 0.350. The molecule has 0 amide bonds. The van der Waals surface area contributed by atoms with Crippen LogP contribution in [0.3, 0.4) is 0 Å². The lowest BCUT2D eigenvalue weighted by Crippen LogP contribution is -2.43. The number of nitriles is 1. The lowest BCUT2D eigenvalue weighted by Gasteiger charge is -2.24. The molecule has 19 heavy (non-hydrogen) atoms. The highest BCUT2D eigenvalue weighted by molar-refractivity contribution is 6.04. The van der Waals surface area contributed by atoms with Crippen LogP contribution in [0.25, 0.3) is 0 Å². The second-order valence-corrected chi connectivity index (χ2v) is 3.80. The molecule has 100 valence electrons. The number of halogens is 2. The Hall–Kier alpha value is -2.49. The molecule has 0 aliphatic heterocycles. The van der Waals surface area contributed by atoms with Gasteiger partial charge in [-0.2, -0.15) is 5.26 Å². The number of carbonyl (C=O) groups is 2. The first kappa shape index (κ1) is 14.6. The quantitative estimate of drug-likeness (QED) is 0.792. The van der Waals surface area contributed by atoms with Crippen LogP contribution in [-0.2, 0) is 15.0 Å². The summed E-state index contributed by atoms with van der Waals surface area (Å²) in [6.07, 6.45) is -0.892. The summed E-state index contributed by atoms with van der Waals surface area (Å²) in [4.78, 5) is 22.5. The van der Waals surface area contributed by atoms with Crippen molar-refractivity contribution in [2.24, 2.45) is 0 Å². The van der Waals surface area contributed by atoms with Crippen molar-refractivity contribution in [3.63, 3.8) is 0 Å². The highest BCUT2D eigenvalue weighted by atomic mass is 19.2. The Labute approximate surface area is 106 Å². The smallest absolute Gasteiger partial charge is 0.325 e. The van der Waals surface area contributed by atoms with Gasteiger partial charge in [0.2, 0.25) is 0 Å². The van der Waals surface area contributed by atoms with Crippen molar-refractivity contribution in [3.05, 3.63) is 35.4 Å². The van der Waals surface area contributed by atoms with Crippen LogP contribution in [0.1, 0.15) is 18.4 Å². The minimum Gasteiger partial charge on any atom is -0.480 e. The van der Waals surface area contributed by atoms with Gasteiger partial charge in [0.25, 0.3) is 0 Å². The SMILES string of the molecule is N#CCCC(C(=O)O)(C(=O)O)c1ccc(F)c(F)c1. The van der Waals surface area contributed by atoms with Gasteiger partial charge >= 0.3 is 11.9 Å². The summed E-state index contributed by atoms with van der Waals surface area (Å²) in [6.45, 7) is 0. The van der Waals surface area contributed by atoms with Crippen LogP contribution < -0.4 is 0 Å². The second-order valence-electron chi connectivity index (χ2n) is 3.80. The maximum absolute atomic E-state index is 13.1. The first-order valence-electron chi connectivity index (χ1n) is 5.15. The van der Waals surface area contributed by atoms with Crippen molar-refractivity contribution in [2.45, 2.75) is 18.3 Å². The Morgan fingerprint density at radius 2 is 1.79 bits per heavy atom. The summed E-state index contributed by atoms with van der Waals surface area (Å²) in [6, 6.07) is 3.69. The largest absolute Gasteiger partial charge is 0.480 e. The third kappa shape index (κ3) is 2.52. The monoisotopic (exact) mass is 269 g/mol. The Balaban J connectivity index is 3.45. The van der Waals surface area contributed by atoms with Crippen LogP contribution in [0.15, 0.2) is 18.2 Å². The van der Waals surface area contributed by atoms with Crippen molar-refractivity contribution in [1.29, 1.82) is 5.26 Å². The fourth-order valence-electron chi connectivity index (χ4n) is 1.70. The zero-order valence-corrected chi connectivity index (χ0v) is 9.56. The molecular formula is C12H9F2NO4. The average molecular weight is 269 g/mol. The molecule has 1 aromatic rings. The van der Waals surface area contributed by atoms with E-state index in [-0.39, 0.29) is 6.42 Å². The van der Waals surface area contributed by atoms with Gasteiger partial charge in [-0.25, -0.2) is 8.78 Å². The molecule has 0 radical (unpaired) electrons. The van der Waals surface area contributed by atoms with Gasteiger partial charge in [0, 0.05) is 6.42 Å². The van der Waals surface area contributed by atoms with Gasteiger partial charge in [0.1, 0.15) is 0 Å². The van der Waals surface area contributed by atoms with E-state index in [0.717, 1.165) is 6.07 Å². The van der Waals surface area contributed by atoms with Crippen LogP contribution in [0.4, 0.5) is 8.78 Å². The topological polar surface area (TPSA) is 98.4 Å². The average Bonchev–Trinajstić information content (AvgIpc) is 2.33. The van der Waals surface area contributed by atoms with Gasteiger partial charge in [-0.1, -0.05) is 6.07 Å². The molecule has 1 rings (SSSR count).